The molecule has 0 amide bonds. The summed E-state index contributed by atoms with van der Waals surface area (Å²) in [6.07, 6.45) is 0. The average Bonchev–Trinajstić information content (AvgIpc) is 2.72. The van der Waals surface area contributed by atoms with Crippen LogP contribution in [0.25, 0.3) is 16.9 Å². The summed E-state index contributed by atoms with van der Waals surface area (Å²) in [5.41, 5.74) is 11.3. The lowest BCUT2D eigenvalue weighted by Crippen LogP contribution is -1.98. The maximum absolute atomic E-state index is 6.27. The topological polar surface area (TPSA) is 43.3 Å². The summed E-state index contributed by atoms with van der Waals surface area (Å²) < 4.78 is 3.00. The standard InChI is InChI=1S/C15H14BrN3/c1-9-4-3-5-11(8-9)14-15(17)19-10(2)12(16)6-7-13(19)18-14/h3-8H,17H2,1-2H3. The highest BCUT2D eigenvalue weighted by atomic mass is 79.9. The number of halogens is 1. The Kier molecular flexibility index (Phi) is 2.82. The fraction of sp³-hybridized carbons (Fsp3) is 0.133. The van der Waals surface area contributed by atoms with Gasteiger partial charge < -0.3 is 5.73 Å². The van der Waals surface area contributed by atoms with Crippen molar-refractivity contribution in [1.82, 2.24) is 9.38 Å². The monoisotopic (exact) mass is 315 g/mol. The molecule has 0 unspecified atom stereocenters. The van der Waals surface area contributed by atoms with Crippen LogP contribution in [-0.2, 0) is 0 Å². The summed E-state index contributed by atoms with van der Waals surface area (Å²) in [7, 11) is 0. The van der Waals surface area contributed by atoms with Crippen molar-refractivity contribution in [3.05, 3.63) is 52.1 Å². The van der Waals surface area contributed by atoms with Crippen LogP contribution in [0, 0.1) is 13.8 Å². The Morgan fingerprint density at radius 3 is 2.68 bits per heavy atom. The smallest absolute Gasteiger partial charge is 0.139 e. The molecule has 0 saturated heterocycles. The third kappa shape index (κ3) is 1.92. The minimum absolute atomic E-state index is 0.680. The fourth-order valence-corrected chi connectivity index (χ4v) is 2.60. The van der Waals surface area contributed by atoms with Gasteiger partial charge in [-0.1, -0.05) is 23.8 Å². The summed E-state index contributed by atoms with van der Waals surface area (Å²) in [5, 5.41) is 0. The number of aromatic nitrogens is 2. The van der Waals surface area contributed by atoms with E-state index < -0.39 is 0 Å². The second kappa shape index (κ2) is 4.38. The Morgan fingerprint density at radius 1 is 1.16 bits per heavy atom. The summed E-state index contributed by atoms with van der Waals surface area (Å²) in [6, 6.07) is 12.2. The fourth-order valence-electron chi connectivity index (χ4n) is 2.30. The van der Waals surface area contributed by atoms with Crippen molar-refractivity contribution in [2.45, 2.75) is 13.8 Å². The van der Waals surface area contributed by atoms with E-state index >= 15 is 0 Å². The maximum Gasteiger partial charge on any atom is 0.139 e. The second-order valence-corrected chi connectivity index (χ2v) is 5.53. The normalized spacial score (nSPS) is 11.1. The van der Waals surface area contributed by atoms with E-state index in [-0.39, 0.29) is 0 Å². The van der Waals surface area contributed by atoms with Gasteiger partial charge >= 0.3 is 0 Å². The Bertz CT molecular complexity index is 774. The molecule has 3 aromatic rings. The predicted octanol–water partition coefficient (Wildman–Crippen LogP) is 3.96. The maximum atomic E-state index is 6.27. The lowest BCUT2D eigenvalue weighted by Gasteiger charge is -2.04. The van der Waals surface area contributed by atoms with Crippen LogP contribution in [0.1, 0.15) is 11.3 Å². The first-order valence-corrected chi connectivity index (χ1v) is 6.87. The number of nitrogens with zero attached hydrogens (tertiary/aromatic N) is 2. The van der Waals surface area contributed by atoms with E-state index in [4.69, 9.17) is 5.73 Å². The molecule has 0 spiro atoms. The van der Waals surface area contributed by atoms with Crippen LogP contribution in [0.3, 0.4) is 0 Å². The molecule has 0 saturated carbocycles. The van der Waals surface area contributed by atoms with E-state index in [1.165, 1.54) is 5.56 Å². The predicted molar refractivity (Wildman–Crippen MR) is 82.2 cm³/mol. The quantitative estimate of drug-likeness (QED) is 0.738. The third-order valence-corrected chi connectivity index (χ3v) is 4.13. The zero-order chi connectivity index (χ0) is 13.6. The molecule has 2 aromatic heterocycles. The van der Waals surface area contributed by atoms with Gasteiger partial charge in [0.25, 0.3) is 0 Å². The van der Waals surface area contributed by atoms with Crippen molar-refractivity contribution in [3.8, 4) is 11.3 Å². The molecule has 0 aliphatic heterocycles. The van der Waals surface area contributed by atoms with Gasteiger partial charge in [-0.3, -0.25) is 4.40 Å². The highest BCUT2D eigenvalue weighted by Crippen LogP contribution is 2.29. The van der Waals surface area contributed by atoms with Crippen molar-refractivity contribution in [1.29, 1.82) is 0 Å². The van der Waals surface area contributed by atoms with Gasteiger partial charge in [-0.15, -0.1) is 0 Å². The summed E-state index contributed by atoms with van der Waals surface area (Å²) in [6.45, 7) is 4.09. The number of fused-ring (bicyclic) bond motifs is 1. The molecule has 0 aliphatic rings. The molecule has 0 fully saturated rings. The van der Waals surface area contributed by atoms with Gasteiger partial charge in [0, 0.05) is 15.7 Å². The molecule has 2 N–H and O–H groups in total. The molecular weight excluding hydrogens is 302 g/mol. The first-order valence-electron chi connectivity index (χ1n) is 6.08. The van der Waals surface area contributed by atoms with E-state index in [1.807, 2.05) is 35.6 Å². The van der Waals surface area contributed by atoms with Crippen molar-refractivity contribution in [3.63, 3.8) is 0 Å². The minimum Gasteiger partial charge on any atom is -0.383 e. The summed E-state index contributed by atoms with van der Waals surface area (Å²) >= 11 is 3.52. The molecule has 4 heteroatoms. The van der Waals surface area contributed by atoms with Crippen molar-refractivity contribution in [2.24, 2.45) is 0 Å². The number of rotatable bonds is 1. The Hall–Kier alpha value is -1.81. The number of imidazole rings is 1. The summed E-state index contributed by atoms with van der Waals surface area (Å²) in [5.74, 6) is 0.680. The van der Waals surface area contributed by atoms with Gasteiger partial charge in [-0.2, -0.15) is 0 Å². The molecule has 0 bridgehead atoms. The van der Waals surface area contributed by atoms with Crippen molar-refractivity contribution < 1.29 is 0 Å². The van der Waals surface area contributed by atoms with Crippen LogP contribution in [0.2, 0.25) is 0 Å². The third-order valence-electron chi connectivity index (χ3n) is 3.29. The van der Waals surface area contributed by atoms with Crippen LogP contribution in [0.15, 0.2) is 40.9 Å². The number of benzene rings is 1. The molecule has 3 rings (SSSR count). The second-order valence-electron chi connectivity index (χ2n) is 4.68. The molecule has 96 valence electrons. The molecule has 2 heterocycles. The number of hydrogen-bond acceptors (Lipinski definition) is 2. The number of nitrogen functional groups attached to an aromatic ring is 1. The van der Waals surface area contributed by atoms with Crippen LogP contribution in [-0.4, -0.2) is 9.38 Å². The first kappa shape index (κ1) is 12.2. The molecule has 0 radical (unpaired) electrons. The SMILES string of the molecule is Cc1cccc(-c2nc3ccc(Br)c(C)n3c2N)c1. The van der Waals surface area contributed by atoms with Crippen LogP contribution < -0.4 is 5.73 Å². The van der Waals surface area contributed by atoms with E-state index in [1.54, 1.807) is 0 Å². The highest BCUT2D eigenvalue weighted by Gasteiger charge is 2.13. The molecule has 0 atom stereocenters. The molecule has 0 aliphatic carbocycles. The lowest BCUT2D eigenvalue weighted by molar-refractivity contribution is 1.09. The zero-order valence-electron chi connectivity index (χ0n) is 10.8. The van der Waals surface area contributed by atoms with Gasteiger partial charge in [-0.25, -0.2) is 4.98 Å². The molecule has 3 nitrogen and oxygen atoms in total. The van der Waals surface area contributed by atoms with E-state index in [0.717, 1.165) is 27.1 Å². The molecule has 19 heavy (non-hydrogen) atoms. The van der Waals surface area contributed by atoms with Gasteiger partial charge in [0.05, 0.1) is 0 Å². The van der Waals surface area contributed by atoms with Crippen molar-refractivity contribution in [2.75, 3.05) is 5.73 Å². The Labute approximate surface area is 120 Å². The lowest BCUT2D eigenvalue weighted by atomic mass is 10.1. The highest BCUT2D eigenvalue weighted by molar-refractivity contribution is 9.10. The van der Waals surface area contributed by atoms with Crippen LogP contribution >= 0.6 is 15.9 Å². The number of pyridine rings is 1. The van der Waals surface area contributed by atoms with Gasteiger partial charge in [0.15, 0.2) is 0 Å². The van der Waals surface area contributed by atoms with Gasteiger partial charge in [0.1, 0.15) is 17.2 Å². The Morgan fingerprint density at radius 2 is 1.95 bits per heavy atom. The van der Waals surface area contributed by atoms with Gasteiger partial charge in [-0.05, 0) is 48.0 Å². The molecular formula is C15H14BrN3. The largest absolute Gasteiger partial charge is 0.383 e. The zero-order valence-corrected chi connectivity index (χ0v) is 12.4. The average molecular weight is 316 g/mol. The minimum atomic E-state index is 0.680. The van der Waals surface area contributed by atoms with Crippen LogP contribution in [0.5, 0.6) is 0 Å². The van der Waals surface area contributed by atoms with E-state index in [2.05, 4.69) is 40.0 Å². The van der Waals surface area contributed by atoms with E-state index in [9.17, 15) is 0 Å². The first-order chi connectivity index (χ1) is 9.08. The van der Waals surface area contributed by atoms with Gasteiger partial charge in [0.2, 0.25) is 0 Å². The Balaban J connectivity index is 2.32. The van der Waals surface area contributed by atoms with Crippen LogP contribution in [0.4, 0.5) is 5.82 Å². The number of hydrogen-bond donors (Lipinski definition) is 1. The van der Waals surface area contributed by atoms with Crippen molar-refractivity contribution >= 4 is 27.4 Å². The number of anilines is 1. The number of nitrogens with two attached hydrogens (primary N) is 1. The summed E-state index contributed by atoms with van der Waals surface area (Å²) in [4.78, 5) is 4.64. The number of aryl methyl sites for hydroxylation is 2. The van der Waals surface area contributed by atoms with E-state index in [0.29, 0.717) is 5.82 Å². The molecule has 1 aromatic carbocycles.